The molecule has 0 saturated heterocycles. The van der Waals surface area contributed by atoms with Crippen LogP contribution in [0.2, 0.25) is 0 Å². The number of rotatable bonds is 6. The Kier molecular flexibility index (Phi) is 8.70. The average molecular weight is 546 g/mol. The van der Waals surface area contributed by atoms with Gasteiger partial charge >= 0.3 is 0 Å². The van der Waals surface area contributed by atoms with Crippen molar-refractivity contribution in [1.82, 2.24) is 5.32 Å². The number of carbonyl (C=O) groups excluding carboxylic acids is 1. The van der Waals surface area contributed by atoms with E-state index in [0.717, 1.165) is 0 Å². The second-order valence-electron chi connectivity index (χ2n) is 9.73. The van der Waals surface area contributed by atoms with Crippen LogP contribution in [-0.4, -0.2) is 11.4 Å². The van der Waals surface area contributed by atoms with Crippen molar-refractivity contribution >= 4 is 29.1 Å². The normalized spacial score (nSPS) is 12.3. The Morgan fingerprint density at radius 3 is 1.37 bits per heavy atom. The Morgan fingerprint density at radius 2 is 1.03 bits per heavy atom. The van der Waals surface area contributed by atoms with Gasteiger partial charge in [-0.05, 0) is 81.8 Å². The molecule has 0 aliphatic heterocycles. The van der Waals surface area contributed by atoms with Crippen molar-refractivity contribution in [2.45, 2.75) is 38.9 Å². The van der Waals surface area contributed by atoms with E-state index in [9.17, 15) is 4.79 Å². The lowest BCUT2D eigenvalue weighted by molar-refractivity contribution is -0.0000171. The molecule has 1 atom stereocenters. The number of hydrogen-bond donors (Lipinski definition) is 1. The first kappa shape index (κ1) is 26.9. The van der Waals surface area contributed by atoms with Crippen LogP contribution in [-0.2, 0) is 0 Å². The lowest BCUT2D eigenvalue weighted by atomic mass is 10.1. The van der Waals surface area contributed by atoms with Crippen LogP contribution in [0.15, 0.2) is 115 Å². The Balaban J connectivity index is 0.00000342. The zero-order valence-corrected chi connectivity index (χ0v) is 23.3. The highest BCUT2D eigenvalue weighted by Gasteiger charge is 2.50. The van der Waals surface area contributed by atoms with Gasteiger partial charge in [0, 0.05) is 11.1 Å². The molecule has 35 heavy (non-hydrogen) atoms. The smallest absolute Gasteiger partial charge is 0.251 e. The molecule has 4 aromatic rings. The molecule has 0 bridgehead atoms. The van der Waals surface area contributed by atoms with Crippen molar-refractivity contribution in [3.63, 3.8) is 0 Å². The van der Waals surface area contributed by atoms with Gasteiger partial charge in [-0.25, -0.2) is 0 Å². The van der Waals surface area contributed by atoms with Crippen molar-refractivity contribution in [1.29, 1.82) is 0 Å². The maximum Gasteiger partial charge on any atom is 0.251 e. The van der Waals surface area contributed by atoms with E-state index in [4.69, 9.17) is 0 Å². The first-order chi connectivity index (χ1) is 16.3. The third-order valence-electron chi connectivity index (χ3n) is 6.22. The number of amides is 1. The van der Waals surface area contributed by atoms with Gasteiger partial charge in [-0.2, -0.15) is 0 Å². The summed E-state index contributed by atoms with van der Waals surface area (Å²) in [5.74, 6) is -0.0399. The second-order valence-corrected chi connectivity index (χ2v) is 13.5. The molecule has 0 heterocycles. The summed E-state index contributed by atoms with van der Waals surface area (Å²) in [6.45, 7) is 8.34. The summed E-state index contributed by atoms with van der Waals surface area (Å²) in [4.78, 5) is 12.7. The number of benzene rings is 4. The molecule has 4 heteroatoms. The van der Waals surface area contributed by atoms with Crippen LogP contribution in [0, 0.1) is 0 Å². The lowest BCUT2D eigenvalue weighted by Gasteiger charge is -2.33. The summed E-state index contributed by atoms with van der Waals surface area (Å²) in [5.41, 5.74) is 1.88. The Labute approximate surface area is 220 Å². The van der Waals surface area contributed by atoms with E-state index in [2.05, 4.69) is 115 Å². The molecule has 2 nitrogen and oxygen atoms in total. The summed E-state index contributed by atoms with van der Waals surface area (Å²) in [5, 5.41) is 7.13. The molecule has 1 amide bonds. The number of halogens is 1. The molecule has 0 radical (unpaired) electrons. The third kappa shape index (κ3) is 5.74. The molecule has 4 aromatic carbocycles. The van der Waals surface area contributed by atoms with Gasteiger partial charge in [0.05, 0.1) is 0 Å². The van der Waals surface area contributed by atoms with E-state index in [1.165, 1.54) is 21.5 Å². The zero-order valence-electron chi connectivity index (χ0n) is 20.8. The van der Waals surface area contributed by atoms with Gasteiger partial charge < -0.3 is 22.3 Å². The minimum Gasteiger partial charge on any atom is -1.00 e. The fourth-order valence-electron chi connectivity index (χ4n) is 4.66. The maximum absolute atomic E-state index is 12.7. The summed E-state index contributed by atoms with van der Waals surface area (Å²) in [6, 6.07) is 40.9. The molecule has 0 fully saturated rings. The highest BCUT2D eigenvalue weighted by molar-refractivity contribution is 7.95. The molecule has 0 spiro atoms. The van der Waals surface area contributed by atoms with E-state index in [-0.39, 0.29) is 34.1 Å². The van der Waals surface area contributed by atoms with E-state index in [1.54, 1.807) is 0 Å². The molecule has 0 aliphatic carbocycles. The molecule has 1 unspecified atom stereocenters. The first-order valence-electron chi connectivity index (χ1n) is 11.8. The summed E-state index contributed by atoms with van der Waals surface area (Å²) in [6.07, 6.45) is 0. The SMILES string of the molecule is CC(c1ccc(C(=O)NC(C)(C)C)cc1)[P+](c1ccccc1)(c1ccccc1)c1ccccc1.[Br-]. The maximum atomic E-state index is 12.7. The molecule has 180 valence electrons. The predicted octanol–water partition coefficient (Wildman–Crippen LogP) is 3.27. The second kappa shape index (κ2) is 11.3. The highest BCUT2D eigenvalue weighted by atomic mass is 79.9. The molecule has 1 N–H and O–H groups in total. The largest absolute Gasteiger partial charge is 1.00 e. The lowest BCUT2D eigenvalue weighted by Crippen LogP contribution is -3.00. The van der Waals surface area contributed by atoms with Crippen LogP contribution in [0.1, 0.15) is 49.3 Å². The molecule has 0 aliphatic rings. The van der Waals surface area contributed by atoms with Crippen molar-refractivity contribution < 1.29 is 21.8 Å². The summed E-state index contributed by atoms with van der Waals surface area (Å²) >= 11 is 0. The first-order valence-corrected chi connectivity index (χ1v) is 13.7. The highest BCUT2D eigenvalue weighted by Crippen LogP contribution is 2.66. The molecule has 0 saturated carbocycles. The average Bonchev–Trinajstić information content (AvgIpc) is 2.85. The zero-order chi connectivity index (χ0) is 24.2. The predicted molar refractivity (Wildman–Crippen MR) is 147 cm³/mol. The van der Waals surface area contributed by atoms with Crippen LogP contribution in [0.25, 0.3) is 0 Å². The topological polar surface area (TPSA) is 29.1 Å². The number of nitrogens with one attached hydrogen (secondary N) is 1. The Hall–Kier alpha value is -2.74. The van der Waals surface area contributed by atoms with Gasteiger partial charge in [0.15, 0.2) is 0 Å². The number of carbonyl (C=O) groups is 1. The van der Waals surface area contributed by atoms with Crippen LogP contribution in [0.5, 0.6) is 0 Å². The molecule has 0 aromatic heterocycles. The van der Waals surface area contributed by atoms with E-state index >= 15 is 0 Å². The van der Waals surface area contributed by atoms with Crippen LogP contribution >= 0.6 is 7.26 Å². The quantitative estimate of drug-likeness (QED) is 0.370. The summed E-state index contributed by atoms with van der Waals surface area (Å²) in [7, 11) is -2.04. The van der Waals surface area contributed by atoms with Crippen molar-refractivity contribution in [2.24, 2.45) is 0 Å². The Bertz CT molecular complexity index is 1120. The summed E-state index contributed by atoms with van der Waals surface area (Å²) < 4.78 is 0. The van der Waals surface area contributed by atoms with Gasteiger partial charge in [-0.1, -0.05) is 66.7 Å². The van der Waals surface area contributed by atoms with Gasteiger partial charge in [-0.3, -0.25) is 4.79 Å². The minimum absolute atomic E-state index is 0. The molecular weight excluding hydrogens is 513 g/mol. The van der Waals surface area contributed by atoms with Gasteiger partial charge in [-0.15, -0.1) is 0 Å². The monoisotopic (exact) mass is 545 g/mol. The minimum atomic E-state index is -2.04. The van der Waals surface area contributed by atoms with Crippen molar-refractivity contribution in [3.8, 4) is 0 Å². The number of hydrogen-bond acceptors (Lipinski definition) is 1. The van der Waals surface area contributed by atoms with Crippen LogP contribution in [0.4, 0.5) is 0 Å². The van der Waals surface area contributed by atoms with Gasteiger partial charge in [0.1, 0.15) is 28.8 Å². The standard InChI is InChI=1S/C31H32NOP.BrH/c1-24(25-20-22-26(23-21-25)30(33)32-31(2,3)4)34(27-14-8-5-9-15-27,28-16-10-6-11-17-28)29-18-12-7-13-19-29;/h5-24H,1-4H3;1H. The fraction of sp³-hybridized carbons (Fsp3) is 0.194. The van der Waals surface area contributed by atoms with Crippen molar-refractivity contribution in [2.75, 3.05) is 0 Å². The molecular formula is C31H33BrNOP. The van der Waals surface area contributed by atoms with Gasteiger partial charge in [0.2, 0.25) is 0 Å². The van der Waals surface area contributed by atoms with Crippen LogP contribution in [0.3, 0.4) is 0 Å². The third-order valence-corrected chi connectivity index (χ3v) is 11.0. The Morgan fingerprint density at radius 1 is 0.657 bits per heavy atom. The molecule has 4 rings (SSSR count). The van der Waals surface area contributed by atoms with E-state index in [1.807, 2.05) is 32.9 Å². The van der Waals surface area contributed by atoms with Crippen molar-refractivity contribution in [3.05, 3.63) is 126 Å². The van der Waals surface area contributed by atoms with Gasteiger partial charge in [0.25, 0.3) is 5.91 Å². The fourth-order valence-corrected chi connectivity index (χ4v) is 9.44. The van der Waals surface area contributed by atoms with Crippen LogP contribution < -0.4 is 38.2 Å². The van der Waals surface area contributed by atoms with E-state index < -0.39 is 7.26 Å². The van der Waals surface area contributed by atoms with E-state index in [0.29, 0.717) is 5.56 Å².